The van der Waals surface area contributed by atoms with Gasteiger partial charge < -0.3 is 5.11 Å². The van der Waals surface area contributed by atoms with Crippen molar-refractivity contribution in [3.8, 4) is 0 Å². The highest BCUT2D eigenvalue weighted by Crippen LogP contribution is 2.21. The van der Waals surface area contributed by atoms with Crippen LogP contribution in [-0.2, 0) is 0 Å². The van der Waals surface area contributed by atoms with E-state index in [2.05, 4.69) is 12.2 Å². The largest absolute Gasteiger partial charge is 0.390 e. The van der Waals surface area contributed by atoms with E-state index in [0.717, 1.165) is 19.3 Å². The van der Waals surface area contributed by atoms with Gasteiger partial charge in [-0.15, -0.1) is 0 Å². The highest BCUT2D eigenvalue weighted by atomic mass is 16.3. The molecule has 0 aromatic carbocycles. The van der Waals surface area contributed by atoms with Gasteiger partial charge in [-0.05, 0) is 32.6 Å². The maximum atomic E-state index is 9.63. The Balaban J connectivity index is 2.45. The molecule has 10 heavy (non-hydrogen) atoms. The first-order chi connectivity index (χ1) is 4.71. The fourth-order valence-corrected chi connectivity index (χ4v) is 1.33. The van der Waals surface area contributed by atoms with Crippen LogP contribution in [0.15, 0.2) is 12.2 Å². The van der Waals surface area contributed by atoms with Crippen LogP contribution in [0.5, 0.6) is 0 Å². The molecular weight excluding hydrogens is 124 g/mol. The first kappa shape index (κ1) is 7.80. The zero-order chi connectivity index (χ0) is 7.45. The molecule has 0 saturated carbocycles. The summed E-state index contributed by atoms with van der Waals surface area (Å²) in [6.07, 6.45) is 9.64. The van der Waals surface area contributed by atoms with Crippen molar-refractivity contribution in [3.05, 3.63) is 12.2 Å². The number of hydrogen-bond acceptors (Lipinski definition) is 1. The predicted molar refractivity (Wildman–Crippen MR) is 42.8 cm³/mol. The summed E-state index contributed by atoms with van der Waals surface area (Å²) in [4.78, 5) is 0. The molecule has 0 aromatic rings. The van der Waals surface area contributed by atoms with E-state index < -0.39 is 5.60 Å². The first-order valence-corrected chi connectivity index (χ1v) is 4.08. The van der Waals surface area contributed by atoms with Gasteiger partial charge in [0.15, 0.2) is 0 Å². The lowest BCUT2D eigenvalue weighted by atomic mass is 9.92. The van der Waals surface area contributed by atoms with Crippen LogP contribution in [0.25, 0.3) is 0 Å². The van der Waals surface area contributed by atoms with Crippen LogP contribution >= 0.6 is 0 Å². The third-order valence-corrected chi connectivity index (χ3v) is 2.06. The van der Waals surface area contributed by atoms with E-state index in [1.54, 1.807) is 0 Å². The Morgan fingerprint density at radius 1 is 1.30 bits per heavy atom. The summed E-state index contributed by atoms with van der Waals surface area (Å²) in [5.74, 6) is 0. The van der Waals surface area contributed by atoms with E-state index in [9.17, 15) is 5.11 Å². The summed E-state index contributed by atoms with van der Waals surface area (Å²) in [6.45, 7) is 1.92. The maximum absolute atomic E-state index is 9.63. The van der Waals surface area contributed by atoms with E-state index in [4.69, 9.17) is 0 Å². The van der Waals surface area contributed by atoms with Crippen molar-refractivity contribution in [2.75, 3.05) is 0 Å². The predicted octanol–water partition coefficient (Wildman–Crippen LogP) is 2.26. The van der Waals surface area contributed by atoms with Gasteiger partial charge in [0, 0.05) is 0 Å². The second-order valence-corrected chi connectivity index (χ2v) is 3.42. The molecule has 1 N–H and O–H groups in total. The Labute approximate surface area is 62.8 Å². The Hall–Kier alpha value is -0.300. The van der Waals surface area contributed by atoms with Crippen molar-refractivity contribution in [3.63, 3.8) is 0 Å². The van der Waals surface area contributed by atoms with Gasteiger partial charge in [0.2, 0.25) is 0 Å². The molecule has 0 bridgehead atoms. The zero-order valence-corrected chi connectivity index (χ0v) is 6.64. The number of aliphatic hydroxyl groups is 1. The quantitative estimate of drug-likeness (QED) is 0.512. The summed E-state index contributed by atoms with van der Waals surface area (Å²) >= 11 is 0. The third-order valence-electron chi connectivity index (χ3n) is 2.06. The van der Waals surface area contributed by atoms with Gasteiger partial charge in [-0.2, -0.15) is 0 Å². The molecule has 0 aromatic heterocycles. The van der Waals surface area contributed by atoms with E-state index in [0.29, 0.717) is 0 Å². The van der Waals surface area contributed by atoms with Crippen LogP contribution in [0.4, 0.5) is 0 Å². The fourth-order valence-electron chi connectivity index (χ4n) is 1.33. The second kappa shape index (κ2) is 3.20. The zero-order valence-electron chi connectivity index (χ0n) is 6.64. The van der Waals surface area contributed by atoms with E-state index in [1.807, 2.05) is 6.92 Å². The average Bonchev–Trinajstić information content (AvgIpc) is 1.81. The minimum absolute atomic E-state index is 0.434. The molecule has 0 fully saturated rings. The molecule has 1 heteroatoms. The summed E-state index contributed by atoms with van der Waals surface area (Å²) < 4.78 is 0. The average molecular weight is 140 g/mol. The Kier molecular flexibility index (Phi) is 2.50. The van der Waals surface area contributed by atoms with Crippen molar-refractivity contribution in [2.24, 2.45) is 0 Å². The fraction of sp³-hybridized carbons (Fsp3) is 0.778. The van der Waals surface area contributed by atoms with E-state index in [-0.39, 0.29) is 0 Å². The molecule has 1 nitrogen and oxygen atoms in total. The molecule has 0 heterocycles. The van der Waals surface area contributed by atoms with E-state index >= 15 is 0 Å². The lowest BCUT2D eigenvalue weighted by Gasteiger charge is -2.22. The van der Waals surface area contributed by atoms with Crippen LogP contribution in [0.2, 0.25) is 0 Å². The van der Waals surface area contributed by atoms with Gasteiger partial charge in [-0.1, -0.05) is 18.6 Å². The third kappa shape index (κ3) is 2.53. The monoisotopic (exact) mass is 140 g/mol. The lowest BCUT2D eigenvalue weighted by molar-refractivity contribution is 0.0503. The Morgan fingerprint density at radius 2 is 2.10 bits per heavy atom. The van der Waals surface area contributed by atoms with Gasteiger partial charge >= 0.3 is 0 Å². The molecule has 1 aliphatic carbocycles. The normalized spacial score (nSPS) is 38.2. The second-order valence-electron chi connectivity index (χ2n) is 3.42. The smallest absolute Gasteiger partial charge is 0.0654 e. The highest BCUT2D eigenvalue weighted by molar-refractivity contribution is 4.91. The van der Waals surface area contributed by atoms with Gasteiger partial charge in [0.05, 0.1) is 5.60 Å². The van der Waals surface area contributed by atoms with Gasteiger partial charge in [-0.3, -0.25) is 0 Å². The molecule has 58 valence electrons. The Bertz CT molecular complexity index is 125. The van der Waals surface area contributed by atoms with Crippen LogP contribution < -0.4 is 0 Å². The maximum Gasteiger partial charge on any atom is 0.0654 e. The van der Waals surface area contributed by atoms with Crippen molar-refractivity contribution in [1.82, 2.24) is 0 Å². The van der Waals surface area contributed by atoms with Crippen molar-refractivity contribution in [2.45, 2.75) is 44.6 Å². The summed E-state index contributed by atoms with van der Waals surface area (Å²) in [7, 11) is 0. The first-order valence-electron chi connectivity index (χ1n) is 4.08. The molecule has 1 rings (SSSR count). The molecule has 0 radical (unpaired) electrons. The number of rotatable bonds is 0. The topological polar surface area (TPSA) is 20.2 Å². The Morgan fingerprint density at radius 3 is 2.90 bits per heavy atom. The van der Waals surface area contributed by atoms with E-state index in [1.165, 1.54) is 12.8 Å². The van der Waals surface area contributed by atoms with Crippen LogP contribution in [-0.4, -0.2) is 10.7 Å². The molecule has 1 aliphatic rings. The number of allylic oxidation sites excluding steroid dienone is 1. The molecule has 0 amide bonds. The summed E-state index contributed by atoms with van der Waals surface area (Å²) in [5, 5.41) is 9.63. The molecule has 1 atom stereocenters. The SMILES string of the molecule is CC1(O)C/C=C\CCCC1. The standard InChI is InChI=1S/C9H16O/c1-9(10)7-5-3-2-4-6-8-9/h3,5,10H,2,4,6-8H2,1H3/b5-3-. The minimum atomic E-state index is -0.434. The van der Waals surface area contributed by atoms with Crippen LogP contribution in [0, 0.1) is 0 Å². The van der Waals surface area contributed by atoms with Crippen LogP contribution in [0.1, 0.15) is 39.0 Å². The molecule has 0 aliphatic heterocycles. The van der Waals surface area contributed by atoms with Crippen LogP contribution in [0.3, 0.4) is 0 Å². The minimum Gasteiger partial charge on any atom is -0.390 e. The van der Waals surface area contributed by atoms with Crippen molar-refractivity contribution < 1.29 is 5.11 Å². The van der Waals surface area contributed by atoms with Gasteiger partial charge in [-0.25, -0.2) is 0 Å². The molecule has 0 saturated heterocycles. The highest BCUT2D eigenvalue weighted by Gasteiger charge is 2.18. The van der Waals surface area contributed by atoms with Crippen molar-refractivity contribution >= 4 is 0 Å². The molecule has 1 unspecified atom stereocenters. The molecule has 0 spiro atoms. The van der Waals surface area contributed by atoms with Crippen molar-refractivity contribution in [1.29, 1.82) is 0 Å². The number of hydrogen-bond donors (Lipinski definition) is 1. The molecular formula is C9H16O. The summed E-state index contributed by atoms with van der Waals surface area (Å²) in [5.41, 5.74) is -0.434. The summed E-state index contributed by atoms with van der Waals surface area (Å²) in [6, 6.07) is 0. The van der Waals surface area contributed by atoms with Gasteiger partial charge in [0.25, 0.3) is 0 Å². The van der Waals surface area contributed by atoms with Gasteiger partial charge in [0.1, 0.15) is 0 Å². The lowest BCUT2D eigenvalue weighted by Crippen LogP contribution is -2.23.